The Balaban J connectivity index is 2.49. The second kappa shape index (κ2) is 8.74. The van der Waals surface area contributed by atoms with Gasteiger partial charge in [-0.1, -0.05) is 20.8 Å². The van der Waals surface area contributed by atoms with Crippen LogP contribution in [0.2, 0.25) is 0 Å². The van der Waals surface area contributed by atoms with Crippen molar-refractivity contribution in [2.45, 2.75) is 53.1 Å². The third-order valence-corrected chi connectivity index (χ3v) is 3.25. The molecule has 5 heteroatoms. The summed E-state index contributed by atoms with van der Waals surface area (Å²) in [5.41, 5.74) is -0.422. The first kappa shape index (κ1) is 16.7. The van der Waals surface area contributed by atoms with E-state index in [-0.39, 0.29) is 11.2 Å². The number of rotatable bonds is 9. The molecule has 5 nitrogen and oxygen atoms in total. The van der Waals surface area contributed by atoms with Gasteiger partial charge in [-0.3, -0.25) is 9.36 Å². The SMILES string of the molecule is CCCn1ccc(=O)n(CCNCCCC(C)C)c1=O. The number of nitrogens with one attached hydrogen (secondary N) is 1. The Bertz CT molecular complexity index is 503. The van der Waals surface area contributed by atoms with Crippen molar-refractivity contribution in [2.24, 2.45) is 5.92 Å². The van der Waals surface area contributed by atoms with Crippen LogP contribution in [0, 0.1) is 5.92 Å². The molecule has 0 saturated heterocycles. The van der Waals surface area contributed by atoms with Crippen LogP contribution in [0.4, 0.5) is 0 Å². The Morgan fingerprint density at radius 1 is 1.20 bits per heavy atom. The quantitative estimate of drug-likeness (QED) is 0.697. The molecule has 0 aliphatic rings. The van der Waals surface area contributed by atoms with Gasteiger partial charge in [-0.15, -0.1) is 0 Å². The van der Waals surface area contributed by atoms with Gasteiger partial charge < -0.3 is 9.88 Å². The van der Waals surface area contributed by atoms with Crippen molar-refractivity contribution >= 4 is 0 Å². The molecule has 0 aliphatic carbocycles. The molecule has 1 heterocycles. The lowest BCUT2D eigenvalue weighted by Gasteiger charge is -2.10. The second-order valence-corrected chi connectivity index (χ2v) is 5.57. The van der Waals surface area contributed by atoms with Gasteiger partial charge in [0.2, 0.25) is 0 Å². The van der Waals surface area contributed by atoms with E-state index < -0.39 is 0 Å². The summed E-state index contributed by atoms with van der Waals surface area (Å²) >= 11 is 0. The summed E-state index contributed by atoms with van der Waals surface area (Å²) in [4.78, 5) is 23.8. The van der Waals surface area contributed by atoms with E-state index in [2.05, 4.69) is 19.2 Å². The molecule has 0 radical (unpaired) electrons. The summed E-state index contributed by atoms with van der Waals surface area (Å²) in [6, 6.07) is 1.47. The van der Waals surface area contributed by atoms with E-state index >= 15 is 0 Å². The fourth-order valence-electron chi connectivity index (χ4n) is 2.12. The van der Waals surface area contributed by atoms with Crippen molar-refractivity contribution in [3.8, 4) is 0 Å². The Morgan fingerprint density at radius 3 is 2.60 bits per heavy atom. The van der Waals surface area contributed by atoms with Crippen LogP contribution in [0.15, 0.2) is 21.9 Å². The Labute approximate surface area is 120 Å². The van der Waals surface area contributed by atoms with E-state index in [4.69, 9.17) is 0 Å². The topological polar surface area (TPSA) is 56.0 Å². The molecule has 1 N–H and O–H groups in total. The molecule has 0 spiro atoms. The van der Waals surface area contributed by atoms with E-state index in [0.717, 1.165) is 25.3 Å². The summed E-state index contributed by atoms with van der Waals surface area (Å²) in [5, 5.41) is 3.29. The van der Waals surface area contributed by atoms with Gasteiger partial charge in [-0.05, 0) is 31.7 Å². The van der Waals surface area contributed by atoms with Gasteiger partial charge in [0, 0.05) is 31.9 Å². The van der Waals surface area contributed by atoms with E-state index in [1.807, 2.05) is 6.92 Å². The van der Waals surface area contributed by atoms with E-state index in [1.165, 1.54) is 17.1 Å². The van der Waals surface area contributed by atoms with Gasteiger partial charge in [0.25, 0.3) is 5.56 Å². The summed E-state index contributed by atoms with van der Waals surface area (Å²) in [6.07, 6.45) is 4.79. The normalized spacial score (nSPS) is 11.2. The van der Waals surface area contributed by atoms with Crippen LogP contribution in [0.25, 0.3) is 0 Å². The lowest BCUT2D eigenvalue weighted by molar-refractivity contribution is 0.494. The number of aromatic nitrogens is 2. The van der Waals surface area contributed by atoms with Gasteiger partial charge in [-0.25, -0.2) is 4.79 Å². The Hall–Kier alpha value is -1.36. The molecule has 1 rings (SSSR count). The number of hydrogen-bond acceptors (Lipinski definition) is 3. The lowest BCUT2D eigenvalue weighted by Crippen LogP contribution is -2.41. The smallest absolute Gasteiger partial charge is 0.315 e. The molecule has 0 unspecified atom stereocenters. The molecular formula is C15H27N3O2. The molecule has 0 saturated carbocycles. The standard InChI is InChI=1S/C15H27N3O2/c1-4-10-17-11-7-14(19)18(15(17)20)12-9-16-8-5-6-13(2)3/h7,11,13,16H,4-6,8-10,12H2,1-3H3. The van der Waals surface area contributed by atoms with E-state index in [1.54, 1.807) is 10.8 Å². The predicted molar refractivity (Wildman–Crippen MR) is 82.2 cm³/mol. The van der Waals surface area contributed by atoms with Crippen LogP contribution < -0.4 is 16.6 Å². The molecule has 1 aromatic rings. The molecule has 0 aliphatic heterocycles. The summed E-state index contributed by atoms with van der Waals surface area (Å²) < 4.78 is 2.91. The molecule has 114 valence electrons. The number of nitrogens with zero attached hydrogens (tertiary/aromatic N) is 2. The van der Waals surface area contributed by atoms with Gasteiger partial charge in [0.1, 0.15) is 0 Å². The van der Waals surface area contributed by atoms with Crippen molar-refractivity contribution in [2.75, 3.05) is 13.1 Å². The largest absolute Gasteiger partial charge is 0.331 e. The lowest BCUT2D eigenvalue weighted by atomic mass is 10.1. The highest BCUT2D eigenvalue weighted by Gasteiger charge is 2.04. The molecule has 0 atom stereocenters. The second-order valence-electron chi connectivity index (χ2n) is 5.57. The van der Waals surface area contributed by atoms with Crippen molar-refractivity contribution in [3.63, 3.8) is 0 Å². The third kappa shape index (κ3) is 5.33. The maximum absolute atomic E-state index is 12.1. The zero-order chi connectivity index (χ0) is 15.0. The van der Waals surface area contributed by atoms with E-state index in [0.29, 0.717) is 19.6 Å². The monoisotopic (exact) mass is 281 g/mol. The van der Waals surface area contributed by atoms with Crippen LogP contribution >= 0.6 is 0 Å². The van der Waals surface area contributed by atoms with Crippen molar-refractivity contribution in [1.29, 1.82) is 0 Å². The first-order valence-corrected chi connectivity index (χ1v) is 7.57. The highest BCUT2D eigenvalue weighted by Crippen LogP contribution is 2.01. The average molecular weight is 281 g/mol. The molecule has 0 amide bonds. The van der Waals surface area contributed by atoms with Crippen molar-refractivity contribution in [1.82, 2.24) is 14.5 Å². The number of hydrogen-bond donors (Lipinski definition) is 1. The Morgan fingerprint density at radius 2 is 1.95 bits per heavy atom. The minimum Gasteiger partial charge on any atom is -0.315 e. The molecule has 0 bridgehead atoms. The number of aryl methyl sites for hydroxylation is 1. The summed E-state index contributed by atoms with van der Waals surface area (Å²) in [6.45, 7) is 9.11. The molecule has 1 aromatic heterocycles. The summed E-state index contributed by atoms with van der Waals surface area (Å²) in [7, 11) is 0. The first-order valence-electron chi connectivity index (χ1n) is 7.57. The van der Waals surface area contributed by atoms with Crippen LogP contribution in [-0.2, 0) is 13.1 Å². The van der Waals surface area contributed by atoms with Gasteiger partial charge in [-0.2, -0.15) is 0 Å². The van der Waals surface area contributed by atoms with Crippen molar-refractivity contribution < 1.29 is 0 Å². The van der Waals surface area contributed by atoms with Gasteiger partial charge >= 0.3 is 5.69 Å². The highest BCUT2D eigenvalue weighted by atomic mass is 16.2. The maximum atomic E-state index is 12.1. The minimum atomic E-state index is -0.216. The molecule has 0 aromatic carbocycles. The minimum absolute atomic E-state index is 0.205. The Kier molecular flexibility index (Phi) is 7.30. The third-order valence-electron chi connectivity index (χ3n) is 3.25. The zero-order valence-corrected chi connectivity index (χ0v) is 12.9. The zero-order valence-electron chi connectivity index (χ0n) is 12.9. The predicted octanol–water partition coefficient (Wildman–Crippen LogP) is 1.45. The van der Waals surface area contributed by atoms with Crippen LogP contribution in [0.5, 0.6) is 0 Å². The van der Waals surface area contributed by atoms with Gasteiger partial charge in [0.15, 0.2) is 0 Å². The molecule has 0 fully saturated rings. The summed E-state index contributed by atoms with van der Waals surface area (Å²) in [5.74, 6) is 0.717. The van der Waals surface area contributed by atoms with Crippen LogP contribution in [0.3, 0.4) is 0 Å². The van der Waals surface area contributed by atoms with Crippen molar-refractivity contribution in [3.05, 3.63) is 33.1 Å². The van der Waals surface area contributed by atoms with Crippen LogP contribution in [0.1, 0.15) is 40.0 Å². The maximum Gasteiger partial charge on any atom is 0.331 e. The fourth-order valence-corrected chi connectivity index (χ4v) is 2.12. The highest BCUT2D eigenvalue weighted by molar-refractivity contribution is 4.86. The molecular weight excluding hydrogens is 254 g/mol. The van der Waals surface area contributed by atoms with Gasteiger partial charge in [0.05, 0.1) is 0 Å². The average Bonchev–Trinajstić information content (AvgIpc) is 2.40. The fraction of sp³-hybridized carbons (Fsp3) is 0.733. The van der Waals surface area contributed by atoms with E-state index in [9.17, 15) is 9.59 Å². The molecule has 20 heavy (non-hydrogen) atoms. The first-order chi connectivity index (χ1) is 9.56. The van der Waals surface area contributed by atoms with Crippen LogP contribution in [-0.4, -0.2) is 22.2 Å².